The number of ether oxygens (including phenoxy) is 3. The smallest absolute Gasteiger partial charge is 0.336 e. The molecule has 1 aromatic heterocycles. The summed E-state index contributed by atoms with van der Waals surface area (Å²) in [6.45, 7) is 3.53. The molecule has 0 saturated carbocycles. The van der Waals surface area contributed by atoms with Crippen molar-refractivity contribution in [2.75, 3.05) is 21.3 Å². The maximum atomic E-state index is 13.0. The highest BCUT2D eigenvalue weighted by atomic mass is 35.5. The Morgan fingerprint density at radius 3 is 2.08 bits per heavy atom. The largest absolute Gasteiger partial charge is 0.495 e. The number of allylic oxidation sites excluding steroid dienone is 2. The summed E-state index contributed by atoms with van der Waals surface area (Å²) < 4.78 is 17.3. The van der Waals surface area contributed by atoms with Crippen molar-refractivity contribution in [1.82, 2.24) is 15.1 Å². The van der Waals surface area contributed by atoms with Crippen LogP contribution in [-0.2, 0) is 19.1 Å². The molecule has 0 saturated heterocycles. The minimum atomic E-state index is -0.806. The van der Waals surface area contributed by atoms with Crippen LogP contribution in [0.2, 0.25) is 5.02 Å². The number of benzene rings is 2. The first kappa shape index (κ1) is 25.1. The van der Waals surface area contributed by atoms with E-state index in [1.807, 2.05) is 42.6 Å². The number of para-hydroxylation sites is 1. The van der Waals surface area contributed by atoms with Crippen LogP contribution in [0, 0.1) is 0 Å². The number of carbonyl (C=O) groups is 2. The molecule has 8 nitrogen and oxygen atoms in total. The lowest BCUT2D eigenvalue weighted by molar-refractivity contribution is -0.137. The third kappa shape index (κ3) is 4.47. The Morgan fingerprint density at radius 2 is 1.56 bits per heavy atom. The van der Waals surface area contributed by atoms with Crippen LogP contribution in [0.1, 0.15) is 25.3 Å². The fourth-order valence-corrected chi connectivity index (χ4v) is 4.67. The molecule has 0 unspecified atom stereocenters. The van der Waals surface area contributed by atoms with Gasteiger partial charge in [-0.05, 0) is 44.2 Å². The first-order valence-electron chi connectivity index (χ1n) is 11.1. The summed E-state index contributed by atoms with van der Waals surface area (Å²) in [6, 6.07) is 14.9. The molecular formula is C27H26ClN3O5. The molecule has 3 aromatic rings. The summed E-state index contributed by atoms with van der Waals surface area (Å²) in [5.41, 5.74) is 4.37. The van der Waals surface area contributed by atoms with Gasteiger partial charge in [-0.1, -0.05) is 29.8 Å². The zero-order valence-corrected chi connectivity index (χ0v) is 21.3. The summed E-state index contributed by atoms with van der Waals surface area (Å²) in [7, 11) is 4.15. The molecule has 1 aliphatic heterocycles. The highest BCUT2D eigenvalue weighted by Crippen LogP contribution is 2.43. The van der Waals surface area contributed by atoms with E-state index in [2.05, 4.69) is 5.32 Å². The van der Waals surface area contributed by atoms with Gasteiger partial charge >= 0.3 is 11.9 Å². The van der Waals surface area contributed by atoms with Crippen molar-refractivity contribution < 1.29 is 23.8 Å². The number of rotatable bonds is 6. The van der Waals surface area contributed by atoms with Gasteiger partial charge in [0.15, 0.2) is 0 Å². The molecule has 0 radical (unpaired) electrons. The number of dihydropyridines is 1. The van der Waals surface area contributed by atoms with Gasteiger partial charge in [0.2, 0.25) is 0 Å². The van der Waals surface area contributed by atoms with Crippen molar-refractivity contribution >= 4 is 23.5 Å². The fraction of sp³-hybridized carbons (Fsp3) is 0.222. The third-order valence-corrected chi connectivity index (χ3v) is 6.37. The number of nitrogens with one attached hydrogen (secondary N) is 1. The zero-order chi connectivity index (χ0) is 26.0. The van der Waals surface area contributed by atoms with Gasteiger partial charge in [-0.2, -0.15) is 5.10 Å². The Balaban J connectivity index is 2.04. The molecule has 36 heavy (non-hydrogen) atoms. The minimum Gasteiger partial charge on any atom is -0.495 e. The van der Waals surface area contributed by atoms with E-state index in [0.29, 0.717) is 39.0 Å². The lowest BCUT2D eigenvalue weighted by atomic mass is 9.79. The van der Waals surface area contributed by atoms with Crippen LogP contribution in [0.3, 0.4) is 0 Å². The SMILES string of the molecule is COC(=O)C1=C(C)NC(C)=C(C(=O)OC)C1c1cn(-c2ccccc2)nc1-c1ccc(OC)c(Cl)c1. The molecule has 9 heteroatoms. The zero-order valence-electron chi connectivity index (χ0n) is 20.6. The molecule has 0 aliphatic carbocycles. The van der Waals surface area contributed by atoms with E-state index in [-0.39, 0.29) is 11.1 Å². The number of halogens is 1. The van der Waals surface area contributed by atoms with E-state index >= 15 is 0 Å². The molecule has 0 spiro atoms. The molecule has 0 fully saturated rings. The Hall–Kier alpha value is -4.04. The predicted octanol–water partition coefficient (Wildman–Crippen LogP) is 4.78. The molecular weight excluding hydrogens is 482 g/mol. The Morgan fingerprint density at radius 1 is 0.944 bits per heavy atom. The van der Waals surface area contributed by atoms with Crippen LogP contribution >= 0.6 is 11.6 Å². The van der Waals surface area contributed by atoms with E-state index in [0.717, 1.165) is 5.69 Å². The molecule has 1 N–H and O–H groups in total. The van der Waals surface area contributed by atoms with Crippen LogP contribution < -0.4 is 10.1 Å². The van der Waals surface area contributed by atoms with Gasteiger partial charge in [-0.3, -0.25) is 0 Å². The van der Waals surface area contributed by atoms with Crippen molar-refractivity contribution in [3.8, 4) is 22.7 Å². The summed E-state index contributed by atoms with van der Waals surface area (Å²) >= 11 is 6.45. The standard InChI is InChI=1S/C27H26ClN3O5/c1-15-22(26(32)35-4)24(23(16(2)29-15)27(33)36-5)19-14-31(18-9-7-6-8-10-18)30-25(19)17-11-12-21(34-3)20(28)13-17/h6-14,24,29H,1-5H3. The number of carbonyl (C=O) groups excluding carboxylic acids is 2. The summed E-state index contributed by atoms with van der Waals surface area (Å²) in [4.78, 5) is 26.1. The van der Waals surface area contributed by atoms with E-state index in [9.17, 15) is 9.59 Å². The van der Waals surface area contributed by atoms with Gasteiger partial charge in [0.1, 0.15) is 5.75 Å². The van der Waals surface area contributed by atoms with E-state index in [1.54, 1.807) is 30.7 Å². The van der Waals surface area contributed by atoms with Gasteiger partial charge in [0, 0.05) is 28.7 Å². The molecule has 0 amide bonds. The number of aromatic nitrogens is 2. The second-order valence-corrected chi connectivity index (χ2v) is 8.59. The van der Waals surface area contributed by atoms with Crippen molar-refractivity contribution in [2.45, 2.75) is 19.8 Å². The molecule has 2 heterocycles. The lowest BCUT2D eigenvalue weighted by Gasteiger charge is -2.29. The lowest BCUT2D eigenvalue weighted by Crippen LogP contribution is -2.32. The predicted molar refractivity (Wildman–Crippen MR) is 136 cm³/mol. The van der Waals surface area contributed by atoms with Crippen molar-refractivity contribution in [3.63, 3.8) is 0 Å². The molecule has 186 valence electrons. The van der Waals surface area contributed by atoms with Gasteiger partial charge in [0.25, 0.3) is 0 Å². The van der Waals surface area contributed by atoms with Crippen molar-refractivity contribution in [3.05, 3.63) is 87.9 Å². The van der Waals surface area contributed by atoms with Crippen molar-refractivity contribution in [2.24, 2.45) is 0 Å². The fourth-order valence-electron chi connectivity index (χ4n) is 4.42. The highest BCUT2D eigenvalue weighted by Gasteiger charge is 2.40. The second kappa shape index (κ2) is 10.3. The number of esters is 2. The summed E-state index contributed by atoms with van der Waals surface area (Å²) in [5, 5.41) is 8.39. The number of nitrogens with zero attached hydrogens (tertiary/aromatic N) is 2. The quantitative estimate of drug-likeness (QED) is 0.480. The Labute approximate surface area is 214 Å². The van der Waals surface area contributed by atoms with E-state index < -0.39 is 17.9 Å². The first-order chi connectivity index (χ1) is 17.3. The molecule has 0 bridgehead atoms. The molecule has 1 aliphatic rings. The molecule has 4 rings (SSSR count). The average Bonchev–Trinajstić information content (AvgIpc) is 3.33. The van der Waals surface area contributed by atoms with Crippen LogP contribution in [0.4, 0.5) is 0 Å². The summed E-state index contributed by atoms with van der Waals surface area (Å²) in [5.74, 6) is -1.42. The number of hydrogen-bond donors (Lipinski definition) is 1. The second-order valence-electron chi connectivity index (χ2n) is 8.18. The topological polar surface area (TPSA) is 91.7 Å². The van der Waals surface area contributed by atoms with Gasteiger partial charge < -0.3 is 19.5 Å². The summed E-state index contributed by atoms with van der Waals surface area (Å²) in [6.07, 6.45) is 1.81. The van der Waals surface area contributed by atoms with Crippen LogP contribution in [0.5, 0.6) is 5.75 Å². The third-order valence-electron chi connectivity index (χ3n) is 6.07. The maximum absolute atomic E-state index is 13.0. The first-order valence-corrected chi connectivity index (χ1v) is 11.5. The Kier molecular flexibility index (Phi) is 7.17. The van der Waals surface area contributed by atoms with Crippen LogP contribution in [-0.4, -0.2) is 43.0 Å². The van der Waals surface area contributed by atoms with Crippen molar-refractivity contribution in [1.29, 1.82) is 0 Å². The number of methoxy groups -OCH3 is 3. The van der Waals surface area contributed by atoms with Gasteiger partial charge in [-0.15, -0.1) is 0 Å². The minimum absolute atomic E-state index is 0.289. The van der Waals surface area contributed by atoms with E-state index in [4.69, 9.17) is 30.9 Å². The van der Waals surface area contributed by atoms with Crippen LogP contribution in [0.15, 0.2) is 77.3 Å². The van der Waals surface area contributed by atoms with Crippen LogP contribution in [0.25, 0.3) is 16.9 Å². The number of hydrogen-bond acceptors (Lipinski definition) is 7. The average molecular weight is 508 g/mol. The van der Waals surface area contributed by atoms with E-state index in [1.165, 1.54) is 21.3 Å². The monoisotopic (exact) mass is 507 g/mol. The van der Waals surface area contributed by atoms with Gasteiger partial charge in [-0.25, -0.2) is 14.3 Å². The van der Waals surface area contributed by atoms with Gasteiger partial charge in [0.05, 0.1) is 54.8 Å². The highest BCUT2D eigenvalue weighted by molar-refractivity contribution is 6.32. The molecule has 2 aromatic carbocycles. The Bertz CT molecular complexity index is 1350. The maximum Gasteiger partial charge on any atom is 0.336 e. The normalized spacial score (nSPS) is 13.9. The molecule has 0 atom stereocenters.